The summed E-state index contributed by atoms with van der Waals surface area (Å²) in [6.07, 6.45) is 1.54. The molecule has 1 aromatic heterocycles. The summed E-state index contributed by atoms with van der Waals surface area (Å²) < 4.78 is 10.9. The molecule has 156 valence electrons. The zero-order valence-electron chi connectivity index (χ0n) is 18.0. The summed E-state index contributed by atoms with van der Waals surface area (Å²) in [6.45, 7) is 6.18. The van der Waals surface area contributed by atoms with Crippen LogP contribution < -0.4 is 15.7 Å². The number of ether oxygens (including phenoxy) is 1. The summed E-state index contributed by atoms with van der Waals surface area (Å²) in [5, 5.41) is 4.31. The van der Waals surface area contributed by atoms with Gasteiger partial charge >= 0.3 is 5.63 Å². The normalized spacial score (nSPS) is 11.2. The molecule has 4 rings (SSSR count). The van der Waals surface area contributed by atoms with Gasteiger partial charge in [0.15, 0.2) is 0 Å². The topological polar surface area (TPSA) is 63.8 Å². The Labute approximate surface area is 181 Å². The van der Waals surface area contributed by atoms with Gasteiger partial charge in [0.05, 0.1) is 12.8 Å². The molecule has 4 aromatic rings. The van der Waals surface area contributed by atoms with Crippen LogP contribution in [-0.2, 0) is 0 Å². The van der Waals surface area contributed by atoms with E-state index in [0.717, 1.165) is 22.2 Å². The van der Waals surface area contributed by atoms with Gasteiger partial charge in [0.25, 0.3) is 0 Å². The lowest BCUT2D eigenvalue weighted by Crippen LogP contribution is -2.12. The molecule has 0 unspecified atom stereocenters. The van der Waals surface area contributed by atoms with E-state index in [1.807, 2.05) is 42.5 Å². The van der Waals surface area contributed by atoms with Crippen LogP contribution in [0.1, 0.15) is 22.3 Å². The summed E-state index contributed by atoms with van der Waals surface area (Å²) in [6, 6.07) is 19.1. The third-order valence-corrected chi connectivity index (χ3v) is 5.19. The van der Waals surface area contributed by atoms with E-state index in [1.54, 1.807) is 13.2 Å². The van der Waals surface area contributed by atoms with E-state index >= 15 is 0 Å². The monoisotopic (exact) mass is 412 g/mol. The highest BCUT2D eigenvalue weighted by molar-refractivity contribution is 6.02. The van der Waals surface area contributed by atoms with E-state index in [1.165, 1.54) is 11.8 Å². The summed E-state index contributed by atoms with van der Waals surface area (Å²) in [4.78, 5) is 17.4. The average molecular weight is 412 g/mol. The molecule has 0 aliphatic carbocycles. The smallest absolute Gasteiger partial charge is 0.347 e. The van der Waals surface area contributed by atoms with Crippen LogP contribution in [0, 0.1) is 20.8 Å². The molecule has 0 saturated heterocycles. The van der Waals surface area contributed by atoms with E-state index < -0.39 is 5.63 Å². The number of methoxy groups -OCH3 is 1. The first kappa shape index (κ1) is 20.4. The lowest BCUT2D eigenvalue weighted by molar-refractivity contribution is 0.416. The van der Waals surface area contributed by atoms with E-state index in [9.17, 15) is 4.79 Å². The van der Waals surface area contributed by atoms with Crippen molar-refractivity contribution in [3.05, 3.63) is 93.3 Å². The molecule has 0 radical (unpaired) electrons. The molecule has 0 atom stereocenters. The Kier molecular flexibility index (Phi) is 5.58. The number of nitrogens with one attached hydrogen (secondary N) is 1. The number of anilines is 2. The Hall–Kier alpha value is -3.86. The van der Waals surface area contributed by atoms with Crippen molar-refractivity contribution in [1.29, 1.82) is 0 Å². The standard InChI is InChI=1S/C26H24N2O3/c1-16-13-17(2)24(18(3)14-16)28-25-19-9-5-7-11-22(19)31-26(29)20(25)15-27-21-10-6-8-12-23(21)30-4/h5-15,28H,1-4H3. The largest absolute Gasteiger partial charge is 0.494 e. The molecular weight excluding hydrogens is 388 g/mol. The highest BCUT2D eigenvalue weighted by atomic mass is 16.5. The van der Waals surface area contributed by atoms with Crippen LogP contribution in [0.25, 0.3) is 11.0 Å². The van der Waals surface area contributed by atoms with Crippen LogP contribution in [0.2, 0.25) is 0 Å². The molecule has 0 aliphatic heterocycles. The van der Waals surface area contributed by atoms with Gasteiger partial charge in [0.2, 0.25) is 0 Å². The molecular formula is C26H24N2O3. The number of benzene rings is 3. The molecule has 1 heterocycles. The highest BCUT2D eigenvalue weighted by Crippen LogP contribution is 2.32. The second kappa shape index (κ2) is 8.48. The van der Waals surface area contributed by atoms with Crippen molar-refractivity contribution in [1.82, 2.24) is 0 Å². The maximum absolute atomic E-state index is 12.9. The minimum absolute atomic E-state index is 0.351. The second-order valence-electron chi connectivity index (χ2n) is 7.50. The summed E-state index contributed by atoms with van der Waals surface area (Å²) in [5.41, 5.74) is 6.07. The zero-order valence-corrected chi connectivity index (χ0v) is 18.0. The molecule has 0 fully saturated rings. The molecule has 1 N–H and O–H groups in total. The summed E-state index contributed by atoms with van der Waals surface area (Å²) >= 11 is 0. The second-order valence-corrected chi connectivity index (χ2v) is 7.50. The van der Waals surface area contributed by atoms with E-state index in [0.29, 0.717) is 28.3 Å². The van der Waals surface area contributed by atoms with Crippen LogP contribution in [-0.4, -0.2) is 13.3 Å². The number of nitrogens with zero attached hydrogens (tertiary/aromatic N) is 1. The first-order valence-electron chi connectivity index (χ1n) is 10.1. The van der Waals surface area contributed by atoms with Gasteiger partial charge in [-0.15, -0.1) is 0 Å². The van der Waals surface area contributed by atoms with Crippen LogP contribution >= 0.6 is 0 Å². The van der Waals surface area contributed by atoms with Gasteiger partial charge in [-0.1, -0.05) is 42.0 Å². The number of rotatable bonds is 5. The summed E-state index contributed by atoms with van der Waals surface area (Å²) in [7, 11) is 1.59. The number of hydrogen-bond acceptors (Lipinski definition) is 5. The predicted octanol–water partition coefficient (Wildman–Crippen LogP) is 6.22. The maximum atomic E-state index is 12.9. The van der Waals surface area contributed by atoms with Crippen molar-refractivity contribution < 1.29 is 9.15 Å². The molecule has 0 saturated carbocycles. The van der Waals surface area contributed by atoms with Gasteiger partial charge in [0.1, 0.15) is 22.6 Å². The van der Waals surface area contributed by atoms with Crippen LogP contribution in [0.5, 0.6) is 5.75 Å². The molecule has 0 aliphatic rings. The molecule has 0 spiro atoms. The fourth-order valence-corrected chi connectivity index (χ4v) is 3.79. The van der Waals surface area contributed by atoms with Crippen molar-refractivity contribution in [3.63, 3.8) is 0 Å². The predicted molar refractivity (Wildman–Crippen MR) is 127 cm³/mol. The first-order chi connectivity index (χ1) is 15.0. The Bertz CT molecular complexity index is 1330. The van der Waals surface area contributed by atoms with Gasteiger partial charge in [-0.2, -0.15) is 0 Å². The van der Waals surface area contributed by atoms with E-state index in [-0.39, 0.29) is 0 Å². The maximum Gasteiger partial charge on any atom is 0.347 e. The first-order valence-corrected chi connectivity index (χ1v) is 10.1. The van der Waals surface area contributed by atoms with Crippen molar-refractivity contribution in [3.8, 4) is 5.75 Å². The van der Waals surface area contributed by atoms with Gasteiger partial charge in [-0.3, -0.25) is 4.99 Å². The minimum atomic E-state index is -0.456. The fourth-order valence-electron chi connectivity index (χ4n) is 3.79. The fraction of sp³-hybridized carbons (Fsp3) is 0.154. The van der Waals surface area contributed by atoms with Gasteiger partial charge in [-0.05, 0) is 56.2 Å². The molecule has 31 heavy (non-hydrogen) atoms. The van der Waals surface area contributed by atoms with Crippen molar-refractivity contribution in [2.75, 3.05) is 12.4 Å². The number of aryl methyl sites for hydroxylation is 3. The lowest BCUT2D eigenvalue weighted by atomic mass is 10.0. The molecule has 3 aromatic carbocycles. The third-order valence-electron chi connectivity index (χ3n) is 5.19. The SMILES string of the molecule is COc1ccccc1N=Cc1c(Nc2c(C)cc(C)cc2C)c2ccccc2oc1=O. The van der Waals surface area contributed by atoms with Crippen molar-refractivity contribution >= 4 is 34.2 Å². The van der Waals surface area contributed by atoms with E-state index in [2.05, 4.69) is 43.2 Å². The summed E-state index contributed by atoms with van der Waals surface area (Å²) in [5.74, 6) is 0.628. The number of aliphatic imine (C=N–C) groups is 1. The van der Waals surface area contributed by atoms with Crippen LogP contribution in [0.3, 0.4) is 0 Å². The zero-order chi connectivity index (χ0) is 22.0. The Morgan fingerprint density at radius 2 is 1.61 bits per heavy atom. The van der Waals surface area contributed by atoms with Gasteiger partial charge < -0.3 is 14.5 Å². The molecule has 5 nitrogen and oxygen atoms in total. The van der Waals surface area contributed by atoms with Gasteiger partial charge in [0, 0.05) is 17.3 Å². The lowest BCUT2D eigenvalue weighted by Gasteiger charge is -2.17. The van der Waals surface area contributed by atoms with Gasteiger partial charge in [-0.25, -0.2) is 4.79 Å². The number of para-hydroxylation sites is 3. The Morgan fingerprint density at radius 1 is 0.935 bits per heavy atom. The van der Waals surface area contributed by atoms with Crippen LogP contribution in [0.4, 0.5) is 17.1 Å². The quantitative estimate of drug-likeness (QED) is 0.312. The average Bonchev–Trinajstić information content (AvgIpc) is 2.75. The Morgan fingerprint density at radius 3 is 2.35 bits per heavy atom. The van der Waals surface area contributed by atoms with Crippen molar-refractivity contribution in [2.24, 2.45) is 4.99 Å². The van der Waals surface area contributed by atoms with Crippen LogP contribution in [0.15, 0.2) is 74.9 Å². The minimum Gasteiger partial charge on any atom is -0.494 e. The highest BCUT2D eigenvalue weighted by Gasteiger charge is 2.15. The molecule has 5 heteroatoms. The van der Waals surface area contributed by atoms with Crippen molar-refractivity contribution in [2.45, 2.75) is 20.8 Å². The third kappa shape index (κ3) is 4.08. The molecule has 0 bridgehead atoms. The Balaban J connectivity index is 1.91. The number of hydrogen-bond donors (Lipinski definition) is 1. The number of fused-ring (bicyclic) bond motifs is 1. The molecule has 0 amide bonds. The van der Waals surface area contributed by atoms with E-state index in [4.69, 9.17) is 9.15 Å².